The molecule has 1 aromatic carbocycles. The summed E-state index contributed by atoms with van der Waals surface area (Å²) in [5, 5.41) is 6.62. The van der Waals surface area contributed by atoms with Crippen LogP contribution in [0.1, 0.15) is 37.7 Å². The average Bonchev–Trinajstić information content (AvgIpc) is 3.02. The minimum absolute atomic E-state index is 0.127. The standard InChI is InChI=1S/C19H28N2O2/c22-19(21-17-9-11-23-12-10-17)14-20-18-8-4-7-16(18)13-15-5-2-1-3-6-15/h1-3,5-6,16-18,20H,4,7-14H2,(H,21,22). The van der Waals surface area contributed by atoms with Gasteiger partial charge in [0.2, 0.25) is 5.91 Å². The number of hydrogen-bond donors (Lipinski definition) is 2. The van der Waals surface area contributed by atoms with E-state index in [0.29, 0.717) is 24.5 Å². The molecule has 0 spiro atoms. The highest BCUT2D eigenvalue weighted by atomic mass is 16.5. The summed E-state index contributed by atoms with van der Waals surface area (Å²) in [6, 6.07) is 11.4. The van der Waals surface area contributed by atoms with Crippen molar-refractivity contribution in [1.82, 2.24) is 10.6 Å². The minimum atomic E-state index is 0.127. The summed E-state index contributed by atoms with van der Waals surface area (Å²) in [6.45, 7) is 1.97. The zero-order valence-corrected chi connectivity index (χ0v) is 13.8. The number of hydrogen-bond acceptors (Lipinski definition) is 3. The van der Waals surface area contributed by atoms with Crippen molar-refractivity contribution in [2.75, 3.05) is 19.8 Å². The molecular formula is C19H28N2O2. The Balaban J connectivity index is 1.42. The molecule has 0 bridgehead atoms. The zero-order valence-electron chi connectivity index (χ0n) is 13.8. The number of carbonyl (C=O) groups excluding carboxylic acids is 1. The maximum atomic E-state index is 12.1. The largest absolute Gasteiger partial charge is 0.381 e. The van der Waals surface area contributed by atoms with E-state index >= 15 is 0 Å². The molecule has 1 aromatic rings. The van der Waals surface area contributed by atoms with E-state index in [4.69, 9.17) is 4.74 Å². The topological polar surface area (TPSA) is 50.4 Å². The van der Waals surface area contributed by atoms with Crippen LogP contribution >= 0.6 is 0 Å². The Labute approximate surface area is 139 Å². The van der Waals surface area contributed by atoms with Crippen molar-refractivity contribution >= 4 is 5.91 Å². The smallest absolute Gasteiger partial charge is 0.234 e. The third-order valence-electron chi connectivity index (χ3n) is 5.11. The molecular weight excluding hydrogens is 288 g/mol. The predicted molar refractivity (Wildman–Crippen MR) is 91.3 cm³/mol. The predicted octanol–water partition coefficient (Wildman–Crippen LogP) is 2.28. The van der Waals surface area contributed by atoms with E-state index in [2.05, 4.69) is 41.0 Å². The molecule has 2 aliphatic rings. The van der Waals surface area contributed by atoms with Gasteiger partial charge in [-0.05, 0) is 43.6 Å². The second-order valence-electron chi connectivity index (χ2n) is 6.82. The Hall–Kier alpha value is -1.39. The van der Waals surface area contributed by atoms with Crippen LogP contribution in [0.4, 0.5) is 0 Å². The fourth-order valence-corrected chi connectivity index (χ4v) is 3.81. The maximum absolute atomic E-state index is 12.1. The molecule has 1 amide bonds. The average molecular weight is 316 g/mol. The van der Waals surface area contributed by atoms with Gasteiger partial charge in [-0.2, -0.15) is 0 Å². The summed E-state index contributed by atoms with van der Waals surface area (Å²) < 4.78 is 5.33. The van der Waals surface area contributed by atoms with Gasteiger partial charge in [0.15, 0.2) is 0 Å². The molecule has 1 saturated carbocycles. The van der Waals surface area contributed by atoms with Crippen LogP contribution in [0.25, 0.3) is 0 Å². The minimum Gasteiger partial charge on any atom is -0.381 e. The van der Waals surface area contributed by atoms with E-state index in [1.54, 1.807) is 0 Å². The van der Waals surface area contributed by atoms with Crippen LogP contribution in [-0.2, 0) is 16.0 Å². The van der Waals surface area contributed by atoms with Crippen LogP contribution in [0, 0.1) is 5.92 Å². The highest BCUT2D eigenvalue weighted by Gasteiger charge is 2.27. The molecule has 0 radical (unpaired) electrons. The Morgan fingerprint density at radius 2 is 1.87 bits per heavy atom. The molecule has 4 heteroatoms. The van der Waals surface area contributed by atoms with Gasteiger partial charge < -0.3 is 15.4 Å². The second kappa shape index (κ2) is 8.46. The highest BCUT2D eigenvalue weighted by Crippen LogP contribution is 2.28. The molecule has 3 rings (SSSR count). The number of nitrogens with one attached hydrogen (secondary N) is 2. The number of amides is 1. The van der Waals surface area contributed by atoms with E-state index in [1.165, 1.54) is 24.8 Å². The Bertz CT molecular complexity index is 485. The Morgan fingerprint density at radius 1 is 1.09 bits per heavy atom. The lowest BCUT2D eigenvalue weighted by molar-refractivity contribution is -0.121. The molecule has 126 valence electrons. The molecule has 2 unspecified atom stereocenters. The van der Waals surface area contributed by atoms with Gasteiger partial charge in [0.25, 0.3) is 0 Å². The van der Waals surface area contributed by atoms with Gasteiger partial charge in [-0.25, -0.2) is 0 Å². The van der Waals surface area contributed by atoms with E-state index < -0.39 is 0 Å². The third-order valence-corrected chi connectivity index (χ3v) is 5.11. The number of carbonyl (C=O) groups is 1. The summed E-state index contributed by atoms with van der Waals surface area (Å²) in [4.78, 5) is 12.1. The summed E-state index contributed by atoms with van der Waals surface area (Å²) in [6.07, 6.45) is 6.69. The third kappa shape index (κ3) is 5.05. The van der Waals surface area contributed by atoms with Gasteiger partial charge in [-0.15, -0.1) is 0 Å². The van der Waals surface area contributed by atoms with Crippen LogP contribution in [0.2, 0.25) is 0 Å². The van der Waals surface area contributed by atoms with Crippen molar-refractivity contribution in [1.29, 1.82) is 0 Å². The molecule has 0 aromatic heterocycles. The van der Waals surface area contributed by atoms with Crippen molar-refractivity contribution in [3.63, 3.8) is 0 Å². The van der Waals surface area contributed by atoms with Gasteiger partial charge in [0, 0.05) is 25.3 Å². The lowest BCUT2D eigenvalue weighted by atomic mass is 9.94. The molecule has 2 fully saturated rings. The first-order valence-electron chi connectivity index (χ1n) is 8.95. The van der Waals surface area contributed by atoms with Crippen LogP contribution in [-0.4, -0.2) is 37.7 Å². The van der Waals surface area contributed by atoms with E-state index in [0.717, 1.165) is 32.5 Å². The van der Waals surface area contributed by atoms with E-state index in [-0.39, 0.29) is 5.91 Å². The van der Waals surface area contributed by atoms with E-state index in [9.17, 15) is 4.79 Å². The quantitative estimate of drug-likeness (QED) is 0.846. The molecule has 1 aliphatic carbocycles. The van der Waals surface area contributed by atoms with Crippen molar-refractivity contribution in [3.05, 3.63) is 35.9 Å². The van der Waals surface area contributed by atoms with Crippen LogP contribution in [0.3, 0.4) is 0 Å². The lowest BCUT2D eigenvalue weighted by Crippen LogP contribution is -2.45. The SMILES string of the molecule is O=C(CNC1CCCC1Cc1ccccc1)NC1CCOCC1. The number of ether oxygens (including phenoxy) is 1. The van der Waals surface area contributed by atoms with E-state index in [1.807, 2.05) is 0 Å². The fraction of sp³-hybridized carbons (Fsp3) is 0.632. The number of rotatable bonds is 6. The van der Waals surface area contributed by atoms with Crippen molar-refractivity contribution in [2.24, 2.45) is 5.92 Å². The Kier molecular flexibility index (Phi) is 6.06. The maximum Gasteiger partial charge on any atom is 0.234 e. The Morgan fingerprint density at radius 3 is 2.65 bits per heavy atom. The number of benzene rings is 1. The first-order valence-corrected chi connectivity index (χ1v) is 8.95. The summed E-state index contributed by atoms with van der Waals surface area (Å²) >= 11 is 0. The van der Waals surface area contributed by atoms with Crippen molar-refractivity contribution in [2.45, 2.75) is 50.6 Å². The molecule has 4 nitrogen and oxygen atoms in total. The zero-order chi connectivity index (χ0) is 15.9. The molecule has 1 saturated heterocycles. The second-order valence-corrected chi connectivity index (χ2v) is 6.82. The van der Waals surface area contributed by atoms with Crippen LogP contribution in [0.5, 0.6) is 0 Å². The van der Waals surface area contributed by atoms with Crippen molar-refractivity contribution in [3.8, 4) is 0 Å². The molecule has 2 atom stereocenters. The van der Waals surface area contributed by atoms with Gasteiger partial charge in [0.05, 0.1) is 6.54 Å². The first kappa shape index (κ1) is 16.5. The van der Waals surface area contributed by atoms with Gasteiger partial charge in [-0.3, -0.25) is 4.79 Å². The molecule has 2 N–H and O–H groups in total. The highest BCUT2D eigenvalue weighted by molar-refractivity contribution is 5.78. The monoisotopic (exact) mass is 316 g/mol. The lowest BCUT2D eigenvalue weighted by Gasteiger charge is -2.25. The molecule has 1 aliphatic heterocycles. The van der Waals surface area contributed by atoms with Crippen LogP contribution < -0.4 is 10.6 Å². The summed E-state index contributed by atoms with van der Waals surface area (Å²) in [5.41, 5.74) is 1.40. The van der Waals surface area contributed by atoms with Gasteiger partial charge in [-0.1, -0.05) is 36.8 Å². The van der Waals surface area contributed by atoms with Crippen LogP contribution in [0.15, 0.2) is 30.3 Å². The fourth-order valence-electron chi connectivity index (χ4n) is 3.81. The van der Waals surface area contributed by atoms with Gasteiger partial charge >= 0.3 is 0 Å². The summed E-state index contributed by atoms with van der Waals surface area (Å²) in [7, 11) is 0. The molecule has 1 heterocycles. The normalized spacial score (nSPS) is 25.4. The van der Waals surface area contributed by atoms with Crippen molar-refractivity contribution < 1.29 is 9.53 Å². The first-order chi connectivity index (χ1) is 11.3. The summed E-state index contributed by atoms with van der Waals surface area (Å²) in [5.74, 6) is 0.774. The van der Waals surface area contributed by atoms with Gasteiger partial charge in [0.1, 0.15) is 0 Å². The molecule has 23 heavy (non-hydrogen) atoms.